The predicted molar refractivity (Wildman–Crippen MR) is 139 cm³/mol. The van der Waals surface area contributed by atoms with E-state index >= 15 is 0 Å². The van der Waals surface area contributed by atoms with Crippen LogP contribution in [0.25, 0.3) is 0 Å². The summed E-state index contributed by atoms with van der Waals surface area (Å²) in [5.41, 5.74) is 0. The molecule has 0 radical (unpaired) electrons. The first-order valence-electron chi connectivity index (χ1n) is 13.8. The average molecular weight is 510 g/mol. The first-order chi connectivity index (χ1) is 16.2. The van der Waals surface area contributed by atoms with Crippen LogP contribution < -0.4 is 4.89 Å². The fourth-order valence-electron chi connectivity index (χ4n) is 3.63. The molecule has 0 spiro atoms. The summed E-state index contributed by atoms with van der Waals surface area (Å²) in [7, 11) is 1.59. The van der Waals surface area contributed by atoms with Crippen molar-refractivity contribution in [1.82, 2.24) is 0 Å². The summed E-state index contributed by atoms with van der Waals surface area (Å²) in [4.78, 5) is 11.9. The van der Waals surface area contributed by atoms with Crippen LogP contribution in [-0.2, 0) is 23.1 Å². The van der Waals surface area contributed by atoms with Crippen LogP contribution in [0.15, 0.2) is 0 Å². The molecular weight excluding hydrogens is 453 g/mol. The topological polar surface area (TPSA) is 77.1 Å². The molecule has 0 heterocycles. The number of nitrogens with zero attached hydrogens (tertiary/aromatic N) is 1. The number of quaternary nitrogens is 1. The van der Waals surface area contributed by atoms with Crippen molar-refractivity contribution in [2.45, 2.75) is 110 Å². The van der Waals surface area contributed by atoms with E-state index in [-0.39, 0.29) is 13.2 Å². The van der Waals surface area contributed by atoms with Crippen LogP contribution >= 0.6 is 7.82 Å². The van der Waals surface area contributed by atoms with Crippen LogP contribution in [-0.4, -0.2) is 71.3 Å². The molecule has 0 saturated heterocycles. The third-order valence-electron chi connectivity index (χ3n) is 5.78. The lowest BCUT2D eigenvalue weighted by Gasteiger charge is -2.28. The fraction of sp³-hybridized carbons (Fsp3) is 1.00. The molecular formula is C26H56NO6P. The highest BCUT2D eigenvalue weighted by Crippen LogP contribution is 2.38. The van der Waals surface area contributed by atoms with Gasteiger partial charge in [-0.25, -0.2) is 0 Å². The zero-order valence-electron chi connectivity index (χ0n) is 23.1. The van der Waals surface area contributed by atoms with Crippen LogP contribution in [0.3, 0.4) is 0 Å². The van der Waals surface area contributed by atoms with Gasteiger partial charge in [-0.15, -0.1) is 0 Å². The fourth-order valence-corrected chi connectivity index (χ4v) is 4.36. The molecule has 0 N–H and O–H groups in total. The number of likely N-dealkylation sites (N-methyl/N-ethyl adjacent to an activating group) is 1. The van der Waals surface area contributed by atoms with Gasteiger partial charge in [0.2, 0.25) is 0 Å². The van der Waals surface area contributed by atoms with Crippen LogP contribution in [0.4, 0.5) is 0 Å². The van der Waals surface area contributed by atoms with Gasteiger partial charge in [0.25, 0.3) is 7.82 Å². The minimum Gasteiger partial charge on any atom is -0.756 e. The molecule has 34 heavy (non-hydrogen) atoms. The second kappa shape index (κ2) is 22.2. The third kappa shape index (κ3) is 25.1. The maximum atomic E-state index is 11.9. The van der Waals surface area contributed by atoms with Crippen molar-refractivity contribution >= 4 is 7.82 Å². The van der Waals surface area contributed by atoms with E-state index in [9.17, 15) is 9.46 Å². The van der Waals surface area contributed by atoms with E-state index in [0.717, 1.165) is 6.42 Å². The molecule has 0 aromatic carbocycles. The SMILES string of the molecule is CCCCCCCCCCCCCCCCOC[C@@H](COP(=O)([O-])OCC[N+](C)(C)C)OCC. The lowest BCUT2D eigenvalue weighted by atomic mass is 10.0. The number of ether oxygens (including phenoxy) is 2. The molecule has 0 bridgehead atoms. The molecule has 0 saturated carbocycles. The Morgan fingerprint density at radius 1 is 0.706 bits per heavy atom. The molecule has 0 aliphatic heterocycles. The van der Waals surface area contributed by atoms with Crippen molar-refractivity contribution in [1.29, 1.82) is 0 Å². The second-order valence-electron chi connectivity index (χ2n) is 10.3. The number of hydrogen-bond donors (Lipinski definition) is 0. The molecule has 0 aliphatic carbocycles. The van der Waals surface area contributed by atoms with E-state index in [1.54, 1.807) is 0 Å². The van der Waals surface area contributed by atoms with Gasteiger partial charge in [0, 0.05) is 13.2 Å². The number of phosphoric ester groups is 1. The Kier molecular flexibility index (Phi) is 22.2. The highest BCUT2D eigenvalue weighted by atomic mass is 31.2. The van der Waals surface area contributed by atoms with Gasteiger partial charge < -0.3 is 27.9 Å². The van der Waals surface area contributed by atoms with E-state index in [1.807, 2.05) is 28.1 Å². The van der Waals surface area contributed by atoms with E-state index < -0.39 is 13.9 Å². The van der Waals surface area contributed by atoms with E-state index in [2.05, 4.69) is 6.92 Å². The predicted octanol–water partition coefficient (Wildman–Crippen LogP) is 6.10. The Hall–Kier alpha value is -0.0100. The Morgan fingerprint density at radius 2 is 1.21 bits per heavy atom. The van der Waals surface area contributed by atoms with Gasteiger partial charge >= 0.3 is 0 Å². The average Bonchev–Trinajstić information content (AvgIpc) is 2.76. The highest BCUT2D eigenvalue weighted by molar-refractivity contribution is 7.45. The van der Waals surface area contributed by atoms with Crippen molar-refractivity contribution in [2.24, 2.45) is 0 Å². The van der Waals surface area contributed by atoms with Crippen LogP contribution in [0.5, 0.6) is 0 Å². The lowest BCUT2D eigenvalue weighted by Crippen LogP contribution is -2.37. The summed E-state index contributed by atoms with van der Waals surface area (Å²) >= 11 is 0. The quantitative estimate of drug-likeness (QED) is 0.0797. The van der Waals surface area contributed by atoms with Gasteiger partial charge in [-0.2, -0.15) is 0 Å². The summed E-state index contributed by atoms with van der Waals surface area (Å²) in [5.74, 6) is 0. The minimum absolute atomic E-state index is 0.0856. The van der Waals surface area contributed by atoms with Crippen molar-refractivity contribution in [2.75, 3.05) is 60.7 Å². The zero-order chi connectivity index (χ0) is 25.5. The molecule has 206 valence electrons. The van der Waals surface area contributed by atoms with Gasteiger partial charge in [0.15, 0.2) is 0 Å². The molecule has 0 aliphatic rings. The number of unbranched alkanes of at least 4 members (excludes halogenated alkanes) is 13. The Morgan fingerprint density at radius 3 is 1.68 bits per heavy atom. The molecule has 0 amide bonds. The molecule has 0 aromatic rings. The molecule has 0 rings (SSSR count). The van der Waals surface area contributed by atoms with Gasteiger partial charge in [0.05, 0.1) is 34.4 Å². The van der Waals surface area contributed by atoms with Crippen molar-refractivity contribution < 1.29 is 32.5 Å². The molecule has 0 fully saturated rings. The molecule has 2 atom stereocenters. The Balaban J connectivity index is 3.65. The molecule has 7 nitrogen and oxygen atoms in total. The Labute approximate surface area is 211 Å². The monoisotopic (exact) mass is 509 g/mol. The molecule has 8 heteroatoms. The van der Waals surface area contributed by atoms with Gasteiger partial charge in [0.1, 0.15) is 19.3 Å². The maximum Gasteiger partial charge on any atom is 0.268 e. The number of rotatable bonds is 26. The second-order valence-corrected chi connectivity index (χ2v) is 11.7. The third-order valence-corrected chi connectivity index (χ3v) is 6.74. The number of phosphoric acid groups is 1. The van der Waals surface area contributed by atoms with Crippen LogP contribution in [0.2, 0.25) is 0 Å². The van der Waals surface area contributed by atoms with Crippen molar-refractivity contribution in [3.05, 3.63) is 0 Å². The van der Waals surface area contributed by atoms with Crippen LogP contribution in [0.1, 0.15) is 104 Å². The van der Waals surface area contributed by atoms with Crippen molar-refractivity contribution in [3.63, 3.8) is 0 Å². The summed E-state index contributed by atoms with van der Waals surface area (Å²) in [6.07, 6.45) is 18.2. The first kappa shape index (κ1) is 34.0. The minimum atomic E-state index is -4.33. The standard InChI is InChI=1S/C26H56NO6P/c1-6-8-9-10-11-12-13-14-15-16-17-18-19-20-22-30-24-26(31-7-2)25-33-34(28,29)32-23-21-27(3,4)5/h26H,6-25H2,1-5H3/t26-/m0/s1. The zero-order valence-corrected chi connectivity index (χ0v) is 24.0. The van der Waals surface area contributed by atoms with E-state index in [4.69, 9.17) is 18.5 Å². The lowest BCUT2D eigenvalue weighted by molar-refractivity contribution is -0.870. The van der Waals surface area contributed by atoms with Crippen molar-refractivity contribution in [3.8, 4) is 0 Å². The van der Waals surface area contributed by atoms with E-state index in [1.165, 1.54) is 83.5 Å². The molecule has 0 aromatic heterocycles. The van der Waals surface area contributed by atoms with Gasteiger partial charge in [-0.05, 0) is 13.3 Å². The summed E-state index contributed by atoms with van der Waals surface area (Å²) in [6, 6.07) is 0. The van der Waals surface area contributed by atoms with Gasteiger partial charge in [-0.1, -0.05) is 90.4 Å². The molecule has 1 unspecified atom stereocenters. The summed E-state index contributed by atoms with van der Waals surface area (Å²) in [6.45, 7) is 6.19. The van der Waals surface area contributed by atoms with E-state index in [0.29, 0.717) is 30.8 Å². The van der Waals surface area contributed by atoms with Gasteiger partial charge in [-0.3, -0.25) is 4.57 Å². The smallest absolute Gasteiger partial charge is 0.268 e. The van der Waals surface area contributed by atoms with Crippen LogP contribution in [0, 0.1) is 0 Å². The first-order valence-corrected chi connectivity index (χ1v) is 15.3. The normalized spacial score (nSPS) is 14.9. The summed E-state index contributed by atoms with van der Waals surface area (Å²) < 4.78 is 33.7. The highest BCUT2D eigenvalue weighted by Gasteiger charge is 2.17. The summed E-state index contributed by atoms with van der Waals surface area (Å²) in [5, 5.41) is 0. The largest absolute Gasteiger partial charge is 0.756 e. The number of hydrogen-bond acceptors (Lipinski definition) is 6. The Bertz CT molecular complexity index is 486. The maximum absolute atomic E-state index is 11.9.